The van der Waals surface area contributed by atoms with Gasteiger partial charge < -0.3 is 15.0 Å². The highest BCUT2D eigenvalue weighted by molar-refractivity contribution is 7.13. The van der Waals surface area contributed by atoms with Crippen molar-refractivity contribution in [1.29, 1.82) is 0 Å². The maximum absolute atomic E-state index is 12.0. The lowest BCUT2D eigenvalue weighted by molar-refractivity contribution is -0.140. The van der Waals surface area contributed by atoms with E-state index < -0.39 is 5.91 Å². The molecule has 23 heavy (non-hydrogen) atoms. The van der Waals surface area contributed by atoms with Gasteiger partial charge in [0.25, 0.3) is 5.91 Å². The fraction of sp³-hybridized carbons (Fsp3) is 0.438. The van der Waals surface area contributed by atoms with Gasteiger partial charge in [-0.05, 0) is 26.2 Å². The minimum atomic E-state index is -0.452. The van der Waals surface area contributed by atoms with E-state index in [9.17, 15) is 9.59 Å². The number of methoxy groups -OCH3 is 1. The number of primary amides is 1. The van der Waals surface area contributed by atoms with Gasteiger partial charge in [-0.1, -0.05) is 0 Å². The first kappa shape index (κ1) is 15.7. The average Bonchev–Trinajstić information content (AvgIpc) is 3.11. The van der Waals surface area contributed by atoms with Crippen molar-refractivity contribution in [3.63, 3.8) is 0 Å². The normalized spacial score (nSPS) is 14.0. The number of esters is 1. The van der Waals surface area contributed by atoms with Crippen LogP contribution in [0.2, 0.25) is 0 Å². The smallest absolute Gasteiger partial charge is 0.305 e. The third-order valence-corrected chi connectivity index (χ3v) is 4.94. The largest absolute Gasteiger partial charge is 0.469 e. The minimum absolute atomic E-state index is 0.267. The lowest BCUT2D eigenvalue weighted by atomic mass is 10.1. The van der Waals surface area contributed by atoms with E-state index in [1.807, 2.05) is 12.3 Å². The fourth-order valence-electron chi connectivity index (χ4n) is 3.04. The van der Waals surface area contributed by atoms with E-state index in [2.05, 4.69) is 9.55 Å². The molecule has 2 heterocycles. The van der Waals surface area contributed by atoms with Gasteiger partial charge in [0, 0.05) is 34.6 Å². The van der Waals surface area contributed by atoms with Crippen LogP contribution in [0.1, 0.15) is 47.1 Å². The molecule has 1 amide bonds. The average molecular weight is 333 g/mol. The van der Waals surface area contributed by atoms with Crippen molar-refractivity contribution in [3.05, 3.63) is 28.5 Å². The van der Waals surface area contributed by atoms with E-state index in [1.54, 1.807) is 6.20 Å². The lowest BCUT2D eigenvalue weighted by Crippen LogP contribution is -2.13. The number of nitrogens with zero attached hydrogens (tertiary/aromatic N) is 2. The zero-order valence-corrected chi connectivity index (χ0v) is 14.0. The highest BCUT2D eigenvalue weighted by Crippen LogP contribution is 2.43. The molecular formula is C16H19N3O3S. The highest BCUT2D eigenvalue weighted by Gasteiger charge is 2.33. The van der Waals surface area contributed by atoms with Crippen molar-refractivity contribution in [2.45, 2.75) is 38.6 Å². The number of carbonyl (C=O) groups is 2. The lowest BCUT2D eigenvalue weighted by Gasteiger charge is -2.11. The number of carbonyl (C=O) groups excluding carboxylic acids is 2. The van der Waals surface area contributed by atoms with Crippen LogP contribution in [-0.4, -0.2) is 28.5 Å². The number of rotatable bonds is 6. The molecule has 122 valence electrons. The van der Waals surface area contributed by atoms with E-state index in [1.165, 1.54) is 18.4 Å². The first-order valence-corrected chi connectivity index (χ1v) is 8.42. The van der Waals surface area contributed by atoms with Crippen LogP contribution in [0, 0.1) is 6.92 Å². The molecule has 6 nitrogen and oxygen atoms in total. The Labute approximate surface area is 138 Å². The predicted octanol–water partition coefficient (Wildman–Crippen LogP) is 2.46. The van der Waals surface area contributed by atoms with Gasteiger partial charge in [-0.25, -0.2) is 4.98 Å². The maximum Gasteiger partial charge on any atom is 0.305 e. The van der Waals surface area contributed by atoms with Gasteiger partial charge >= 0.3 is 5.97 Å². The molecule has 2 N–H and O–H groups in total. The summed E-state index contributed by atoms with van der Waals surface area (Å²) in [6.07, 6.45) is 4.64. The summed E-state index contributed by atoms with van der Waals surface area (Å²) in [7, 11) is 1.38. The second-order valence-corrected chi connectivity index (χ2v) is 6.56. The summed E-state index contributed by atoms with van der Waals surface area (Å²) in [6, 6.07) is 0.384. The molecule has 2 aromatic heterocycles. The molecule has 3 rings (SSSR count). The summed E-state index contributed by atoms with van der Waals surface area (Å²) in [5, 5.41) is 2.63. The number of ether oxygens (including phenoxy) is 1. The van der Waals surface area contributed by atoms with Gasteiger partial charge in [-0.3, -0.25) is 9.59 Å². The first-order chi connectivity index (χ1) is 11.0. The molecule has 1 aliphatic carbocycles. The first-order valence-electron chi connectivity index (χ1n) is 7.54. The molecule has 0 atom stereocenters. The molecule has 1 fully saturated rings. The van der Waals surface area contributed by atoms with Gasteiger partial charge in [-0.2, -0.15) is 0 Å². The van der Waals surface area contributed by atoms with Crippen molar-refractivity contribution >= 4 is 23.2 Å². The molecular weight excluding hydrogens is 314 g/mol. The fourth-order valence-corrected chi connectivity index (χ4v) is 3.75. The van der Waals surface area contributed by atoms with E-state index in [0.29, 0.717) is 18.0 Å². The van der Waals surface area contributed by atoms with Gasteiger partial charge in [0.15, 0.2) is 0 Å². The van der Waals surface area contributed by atoms with E-state index in [-0.39, 0.29) is 12.4 Å². The molecule has 0 aliphatic heterocycles. The Morgan fingerprint density at radius 2 is 2.22 bits per heavy atom. The van der Waals surface area contributed by atoms with Crippen LogP contribution >= 0.6 is 11.3 Å². The monoisotopic (exact) mass is 333 g/mol. The molecule has 0 unspecified atom stereocenters. The molecule has 0 radical (unpaired) electrons. The molecule has 2 aromatic rings. The van der Waals surface area contributed by atoms with Gasteiger partial charge in [0.2, 0.25) is 0 Å². The van der Waals surface area contributed by atoms with E-state index in [4.69, 9.17) is 10.5 Å². The summed E-state index contributed by atoms with van der Waals surface area (Å²) >= 11 is 1.47. The maximum atomic E-state index is 12.0. The summed E-state index contributed by atoms with van der Waals surface area (Å²) in [5.41, 5.74) is 8.76. The Kier molecular flexibility index (Phi) is 4.21. The second kappa shape index (κ2) is 6.16. The van der Waals surface area contributed by atoms with Crippen LogP contribution < -0.4 is 5.73 Å². The second-order valence-electron chi connectivity index (χ2n) is 5.66. The molecule has 0 spiro atoms. The van der Waals surface area contributed by atoms with Crippen molar-refractivity contribution in [2.24, 2.45) is 5.73 Å². The van der Waals surface area contributed by atoms with Crippen LogP contribution in [0.4, 0.5) is 0 Å². The number of hydrogen-bond donors (Lipinski definition) is 1. The van der Waals surface area contributed by atoms with Crippen molar-refractivity contribution in [2.75, 3.05) is 7.11 Å². The Bertz CT molecular complexity index is 745. The summed E-state index contributed by atoms with van der Waals surface area (Å²) in [4.78, 5) is 28.0. The number of amides is 1. The molecule has 0 bridgehead atoms. The Balaban J connectivity index is 2.15. The molecule has 1 aliphatic rings. The molecule has 0 saturated heterocycles. The Hall–Kier alpha value is -2.15. The summed E-state index contributed by atoms with van der Waals surface area (Å²) in [5.74, 6) is -0.719. The number of aromatic nitrogens is 2. The van der Waals surface area contributed by atoms with Crippen LogP contribution in [0.3, 0.4) is 0 Å². The Morgan fingerprint density at radius 3 is 2.74 bits per heavy atom. The van der Waals surface area contributed by atoms with Gasteiger partial charge in [0.05, 0.1) is 19.1 Å². The highest BCUT2D eigenvalue weighted by atomic mass is 32.1. The molecule has 0 aromatic carbocycles. The zero-order chi connectivity index (χ0) is 16.6. The third kappa shape index (κ3) is 2.88. The predicted molar refractivity (Wildman–Crippen MR) is 87.4 cm³/mol. The third-order valence-electron chi connectivity index (χ3n) is 4.15. The quantitative estimate of drug-likeness (QED) is 0.823. The van der Waals surface area contributed by atoms with Crippen LogP contribution in [0.15, 0.2) is 11.6 Å². The van der Waals surface area contributed by atoms with E-state index in [0.717, 1.165) is 34.8 Å². The van der Waals surface area contributed by atoms with Crippen LogP contribution in [0.25, 0.3) is 10.6 Å². The van der Waals surface area contributed by atoms with Crippen molar-refractivity contribution in [1.82, 2.24) is 9.55 Å². The zero-order valence-electron chi connectivity index (χ0n) is 13.2. The minimum Gasteiger partial charge on any atom is -0.469 e. The van der Waals surface area contributed by atoms with Crippen molar-refractivity contribution in [3.8, 4) is 10.6 Å². The van der Waals surface area contributed by atoms with Gasteiger partial charge in [0.1, 0.15) is 5.01 Å². The summed E-state index contributed by atoms with van der Waals surface area (Å²) < 4.78 is 6.92. The van der Waals surface area contributed by atoms with Crippen LogP contribution in [0.5, 0.6) is 0 Å². The topological polar surface area (TPSA) is 87.2 Å². The van der Waals surface area contributed by atoms with Crippen molar-refractivity contribution < 1.29 is 14.3 Å². The Morgan fingerprint density at radius 1 is 1.48 bits per heavy atom. The summed E-state index contributed by atoms with van der Waals surface area (Å²) in [6.45, 7) is 1.91. The van der Waals surface area contributed by atoms with E-state index >= 15 is 0 Å². The number of thiazole rings is 1. The number of hydrogen-bond acceptors (Lipinski definition) is 5. The van der Waals surface area contributed by atoms with Gasteiger partial charge in [-0.15, -0.1) is 11.3 Å². The molecule has 1 saturated carbocycles. The van der Waals surface area contributed by atoms with Crippen LogP contribution in [-0.2, 0) is 16.0 Å². The number of nitrogens with two attached hydrogens (primary N) is 1. The molecule has 7 heteroatoms. The SMILES string of the molecule is COC(=O)CCc1c(-c2nccs2)c(C(N)=O)c(C)n1C1CC1. The standard InChI is InChI=1S/C16H19N3O3S/c1-9-13(15(17)21)14(16-18-7-8-23-16)11(5-6-12(20)22-2)19(9)10-3-4-10/h7-8,10H,3-6H2,1-2H3,(H2,17,21).